The van der Waals surface area contributed by atoms with Crippen LogP contribution in [0.1, 0.15) is 38.8 Å². The fourth-order valence-corrected chi connectivity index (χ4v) is 2.40. The largest absolute Gasteiger partial charge is 0.221 e. The second-order valence-corrected chi connectivity index (χ2v) is 4.30. The van der Waals surface area contributed by atoms with Crippen LogP contribution in [-0.2, 0) is 0 Å². The fraction of sp³-hybridized carbons (Fsp3) is 0.316. The van der Waals surface area contributed by atoms with Crippen LogP contribution in [0.25, 0.3) is 16.3 Å². The predicted octanol–water partition coefficient (Wildman–Crippen LogP) is 5.25. The molecule has 0 saturated heterocycles. The first-order valence-corrected chi connectivity index (χ1v) is 7.56. The molecule has 3 rings (SSSR count). The highest BCUT2D eigenvalue weighted by Crippen LogP contribution is 2.22. The number of pyridine rings is 2. The number of hydrogen-bond acceptors (Lipinski definition) is 0. The predicted molar refractivity (Wildman–Crippen MR) is 89.3 cm³/mol. The summed E-state index contributed by atoms with van der Waals surface area (Å²) in [4.78, 5) is 0. The van der Waals surface area contributed by atoms with E-state index < -0.39 is 0 Å². The standard InChI is InChI=1S/C15H14N.2C2H6/c1-11-5-3-7-13-8-10-16-9-4-6-12(2)15(16)14(11)13;2*1-2/h3-10H,1-2H3;2*1-2H3/q+1;;. The van der Waals surface area contributed by atoms with Crippen LogP contribution in [0.5, 0.6) is 0 Å². The van der Waals surface area contributed by atoms with Gasteiger partial charge >= 0.3 is 0 Å². The summed E-state index contributed by atoms with van der Waals surface area (Å²) in [5, 5.41) is 2.68. The van der Waals surface area contributed by atoms with Crippen molar-refractivity contribution in [3.05, 3.63) is 59.9 Å². The molecule has 1 nitrogen and oxygen atoms in total. The van der Waals surface area contributed by atoms with Crippen LogP contribution < -0.4 is 4.40 Å². The molecule has 2 aromatic heterocycles. The van der Waals surface area contributed by atoms with E-state index in [9.17, 15) is 0 Å². The second kappa shape index (κ2) is 7.64. The average molecular weight is 268 g/mol. The van der Waals surface area contributed by atoms with Crippen LogP contribution in [0.15, 0.2) is 48.8 Å². The van der Waals surface area contributed by atoms with Gasteiger partial charge < -0.3 is 0 Å². The Morgan fingerprint density at radius 2 is 1.35 bits per heavy atom. The number of benzene rings is 1. The van der Waals surface area contributed by atoms with E-state index in [1.165, 1.54) is 27.4 Å². The Kier molecular flexibility index (Phi) is 6.17. The Balaban J connectivity index is 0.000000461. The third-order valence-electron chi connectivity index (χ3n) is 3.18. The van der Waals surface area contributed by atoms with Gasteiger partial charge in [0.25, 0.3) is 0 Å². The highest BCUT2D eigenvalue weighted by atomic mass is 14.8. The summed E-state index contributed by atoms with van der Waals surface area (Å²) >= 11 is 0. The van der Waals surface area contributed by atoms with Crippen molar-refractivity contribution in [3.63, 3.8) is 0 Å². The molecule has 0 aliphatic heterocycles. The fourth-order valence-electron chi connectivity index (χ4n) is 2.40. The van der Waals surface area contributed by atoms with E-state index in [0.717, 1.165) is 0 Å². The van der Waals surface area contributed by atoms with E-state index in [2.05, 4.69) is 67.0 Å². The lowest BCUT2D eigenvalue weighted by Crippen LogP contribution is -2.21. The third kappa shape index (κ3) is 2.98. The number of rotatable bonds is 0. The van der Waals surface area contributed by atoms with Crippen LogP contribution in [0.4, 0.5) is 0 Å². The van der Waals surface area contributed by atoms with Gasteiger partial charge in [-0.3, -0.25) is 0 Å². The monoisotopic (exact) mass is 268 g/mol. The summed E-state index contributed by atoms with van der Waals surface area (Å²) in [5.41, 5.74) is 3.98. The second-order valence-electron chi connectivity index (χ2n) is 4.30. The van der Waals surface area contributed by atoms with Crippen molar-refractivity contribution in [1.82, 2.24) is 0 Å². The Labute approximate surface area is 122 Å². The van der Waals surface area contributed by atoms with Crippen molar-refractivity contribution in [2.75, 3.05) is 0 Å². The molecule has 0 radical (unpaired) electrons. The van der Waals surface area contributed by atoms with Crippen molar-refractivity contribution in [2.45, 2.75) is 41.5 Å². The van der Waals surface area contributed by atoms with Gasteiger partial charge in [-0.1, -0.05) is 45.9 Å². The normalized spacial score (nSPS) is 9.50. The summed E-state index contributed by atoms with van der Waals surface area (Å²) in [7, 11) is 0. The van der Waals surface area contributed by atoms with E-state index in [1.54, 1.807) is 0 Å². The molecule has 0 unspecified atom stereocenters. The van der Waals surface area contributed by atoms with E-state index in [0.29, 0.717) is 0 Å². The minimum Gasteiger partial charge on any atom is -0.166 e. The molecular formula is C19H26N+. The van der Waals surface area contributed by atoms with Crippen LogP contribution in [-0.4, -0.2) is 0 Å². The minimum absolute atomic E-state index is 1.31. The lowest BCUT2D eigenvalue weighted by molar-refractivity contribution is -0.511. The number of hydrogen-bond donors (Lipinski definition) is 0. The van der Waals surface area contributed by atoms with Crippen molar-refractivity contribution in [1.29, 1.82) is 0 Å². The molecule has 1 aromatic carbocycles. The summed E-state index contributed by atoms with van der Waals surface area (Å²) in [5.74, 6) is 0. The smallest absolute Gasteiger partial charge is 0.166 e. The van der Waals surface area contributed by atoms with E-state index in [-0.39, 0.29) is 0 Å². The van der Waals surface area contributed by atoms with E-state index in [1.807, 2.05) is 27.7 Å². The Morgan fingerprint density at radius 1 is 0.700 bits per heavy atom. The number of nitrogens with zero attached hydrogens (tertiary/aromatic N) is 1. The highest BCUT2D eigenvalue weighted by molar-refractivity contribution is 5.97. The molecule has 0 aliphatic rings. The maximum absolute atomic E-state index is 2.20. The Hall–Kier alpha value is -1.89. The molecule has 0 atom stereocenters. The highest BCUT2D eigenvalue weighted by Gasteiger charge is 2.11. The van der Waals surface area contributed by atoms with Gasteiger partial charge in [0, 0.05) is 17.7 Å². The molecule has 2 heterocycles. The Bertz CT molecular complexity index is 623. The Morgan fingerprint density at radius 3 is 2.05 bits per heavy atom. The molecule has 0 spiro atoms. The molecule has 0 aliphatic carbocycles. The van der Waals surface area contributed by atoms with Crippen LogP contribution >= 0.6 is 0 Å². The van der Waals surface area contributed by atoms with Crippen molar-refractivity contribution in [3.8, 4) is 0 Å². The van der Waals surface area contributed by atoms with E-state index >= 15 is 0 Å². The quantitative estimate of drug-likeness (QED) is 0.387. The number of aryl methyl sites for hydroxylation is 2. The zero-order valence-electron chi connectivity index (χ0n) is 13.6. The maximum Gasteiger partial charge on any atom is 0.221 e. The third-order valence-corrected chi connectivity index (χ3v) is 3.18. The zero-order chi connectivity index (χ0) is 15.1. The maximum atomic E-state index is 2.20. The van der Waals surface area contributed by atoms with Crippen molar-refractivity contribution >= 4 is 16.3 Å². The summed E-state index contributed by atoms with van der Waals surface area (Å²) in [6, 6.07) is 12.9. The number of fused-ring (bicyclic) bond motifs is 3. The molecule has 3 aromatic rings. The zero-order valence-corrected chi connectivity index (χ0v) is 13.6. The molecule has 20 heavy (non-hydrogen) atoms. The van der Waals surface area contributed by atoms with Gasteiger partial charge in [0.05, 0.1) is 5.39 Å². The number of aromatic nitrogens is 1. The molecule has 0 amide bonds. The van der Waals surface area contributed by atoms with Gasteiger partial charge in [0.1, 0.15) is 0 Å². The average Bonchev–Trinajstić information content (AvgIpc) is 2.51. The topological polar surface area (TPSA) is 4.10 Å². The van der Waals surface area contributed by atoms with Gasteiger partial charge in [0.2, 0.25) is 5.52 Å². The summed E-state index contributed by atoms with van der Waals surface area (Å²) in [6.45, 7) is 12.3. The van der Waals surface area contributed by atoms with Crippen LogP contribution in [0.2, 0.25) is 0 Å². The van der Waals surface area contributed by atoms with Crippen LogP contribution in [0, 0.1) is 13.8 Å². The van der Waals surface area contributed by atoms with E-state index in [4.69, 9.17) is 0 Å². The first kappa shape index (κ1) is 16.2. The molecule has 0 saturated carbocycles. The minimum atomic E-state index is 1.31. The van der Waals surface area contributed by atoms with Gasteiger partial charge in [0.15, 0.2) is 12.4 Å². The lowest BCUT2D eigenvalue weighted by atomic mass is 10.0. The molecule has 0 N–H and O–H groups in total. The van der Waals surface area contributed by atoms with Gasteiger partial charge in [-0.2, -0.15) is 4.40 Å². The van der Waals surface area contributed by atoms with Gasteiger partial charge in [-0.25, -0.2) is 0 Å². The van der Waals surface area contributed by atoms with Crippen LogP contribution in [0.3, 0.4) is 0 Å². The first-order valence-electron chi connectivity index (χ1n) is 7.56. The van der Waals surface area contributed by atoms with Gasteiger partial charge in [-0.05, 0) is 30.9 Å². The molecule has 0 fully saturated rings. The summed E-state index contributed by atoms with van der Waals surface area (Å²) in [6.07, 6.45) is 4.23. The first-order chi connectivity index (χ1) is 9.77. The van der Waals surface area contributed by atoms with Gasteiger partial charge in [-0.15, -0.1) is 0 Å². The van der Waals surface area contributed by atoms with Crippen molar-refractivity contribution < 1.29 is 4.40 Å². The van der Waals surface area contributed by atoms with Crippen molar-refractivity contribution in [2.24, 2.45) is 0 Å². The molecule has 1 heteroatoms. The lowest BCUT2D eigenvalue weighted by Gasteiger charge is -2.03. The molecule has 0 bridgehead atoms. The molecule has 106 valence electrons. The SMILES string of the molecule is CC.CC.Cc1cccc2cc[n+]3cccc(C)c3c12. The molecular weight excluding hydrogens is 242 g/mol. The summed E-state index contributed by atoms with van der Waals surface area (Å²) < 4.78 is 2.20.